The van der Waals surface area contributed by atoms with E-state index in [1.165, 1.54) is 24.3 Å². The van der Waals surface area contributed by atoms with Crippen LogP contribution < -0.4 is 5.32 Å². The number of rotatable bonds is 6. The number of nitrogens with one attached hydrogen (secondary N) is 1. The van der Waals surface area contributed by atoms with Crippen molar-refractivity contribution in [2.45, 2.75) is 6.54 Å². The van der Waals surface area contributed by atoms with E-state index in [2.05, 4.69) is 15.4 Å². The highest BCUT2D eigenvalue weighted by atomic mass is 35.5. The fourth-order valence-electron chi connectivity index (χ4n) is 2.72. The summed E-state index contributed by atoms with van der Waals surface area (Å²) in [5.41, 5.74) is 0.799. The smallest absolute Gasteiger partial charge is 0.281 e. The second-order valence-corrected chi connectivity index (χ2v) is 6.66. The van der Waals surface area contributed by atoms with E-state index in [-0.39, 0.29) is 17.2 Å². The summed E-state index contributed by atoms with van der Waals surface area (Å²) in [5, 5.41) is 18.8. The molecule has 0 aliphatic rings. The molecule has 2 heterocycles. The molecule has 0 radical (unpaired) electrons. The summed E-state index contributed by atoms with van der Waals surface area (Å²) in [6.07, 6.45) is 1.54. The Bertz CT molecular complexity index is 1190. The molecule has 0 aliphatic heterocycles. The maximum atomic E-state index is 13.0. The number of halogens is 1. The highest BCUT2D eigenvalue weighted by Gasteiger charge is 2.20. The third-order valence-electron chi connectivity index (χ3n) is 4.23. The number of hydrogen-bond donors (Lipinski definition) is 1. The SMILES string of the molecule is O=C(c1ccc([N+](=O)[O-])cc1)n1nc(-c2ccc(Cl)cc2)nc1NCc1ccco1. The van der Waals surface area contributed by atoms with Gasteiger partial charge in [-0.05, 0) is 48.5 Å². The molecule has 0 atom stereocenters. The molecular formula is C20H14ClN5O4. The maximum absolute atomic E-state index is 13.0. The molecule has 30 heavy (non-hydrogen) atoms. The highest BCUT2D eigenvalue weighted by molar-refractivity contribution is 6.30. The lowest BCUT2D eigenvalue weighted by molar-refractivity contribution is -0.384. The minimum Gasteiger partial charge on any atom is -0.467 e. The molecule has 0 aliphatic carbocycles. The number of anilines is 1. The molecule has 0 fully saturated rings. The summed E-state index contributed by atoms with van der Waals surface area (Å²) in [5.74, 6) is 0.698. The van der Waals surface area contributed by atoms with E-state index >= 15 is 0 Å². The maximum Gasteiger partial charge on any atom is 0.281 e. The summed E-state index contributed by atoms with van der Waals surface area (Å²) in [4.78, 5) is 27.8. The fraction of sp³-hybridized carbons (Fsp3) is 0.0500. The van der Waals surface area contributed by atoms with E-state index in [0.29, 0.717) is 28.7 Å². The first-order valence-corrected chi connectivity index (χ1v) is 9.17. The van der Waals surface area contributed by atoms with E-state index in [0.717, 1.165) is 4.68 Å². The molecule has 9 nitrogen and oxygen atoms in total. The number of furan rings is 1. The van der Waals surface area contributed by atoms with Gasteiger partial charge in [-0.15, -0.1) is 5.10 Å². The van der Waals surface area contributed by atoms with Gasteiger partial charge in [-0.1, -0.05) is 11.6 Å². The second-order valence-electron chi connectivity index (χ2n) is 6.22. The molecule has 150 valence electrons. The van der Waals surface area contributed by atoms with Crippen LogP contribution >= 0.6 is 11.6 Å². The van der Waals surface area contributed by atoms with E-state index in [1.54, 1.807) is 42.7 Å². The van der Waals surface area contributed by atoms with Crippen molar-refractivity contribution in [2.75, 3.05) is 5.32 Å². The lowest BCUT2D eigenvalue weighted by Gasteiger charge is -2.06. The van der Waals surface area contributed by atoms with Crippen LogP contribution in [0.25, 0.3) is 11.4 Å². The van der Waals surface area contributed by atoms with Crippen molar-refractivity contribution in [3.8, 4) is 11.4 Å². The normalized spacial score (nSPS) is 10.7. The van der Waals surface area contributed by atoms with Crippen LogP contribution in [0, 0.1) is 10.1 Å². The van der Waals surface area contributed by atoms with E-state index in [9.17, 15) is 14.9 Å². The van der Waals surface area contributed by atoms with Gasteiger partial charge in [-0.25, -0.2) is 0 Å². The Morgan fingerprint density at radius 1 is 1.13 bits per heavy atom. The van der Waals surface area contributed by atoms with Crippen LogP contribution in [0.2, 0.25) is 5.02 Å². The molecule has 4 rings (SSSR count). The van der Waals surface area contributed by atoms with Gasteiger partial charge in [0.1, 0.15) is 5.76 Å². The molecule has 0 amide bonds. The monoisotopic (exact) mass is 423 g/mol. The van der Waals surface area contributed by atoms with Gasteiger partial charge < -0.3 is 9.73 Å². The van der Waals surface area contributed by atoms with Crippen molar-refractivity contribution in [1.29, 1.82) is 0 Å². The van der Waals surface area contributed by atoms with Crippen LogP contribution in [0.3, 0.4) is 0 Å². The Balaban J connectivity index is 1.68. The van der Waals surface area contributed by atoms with Crippen molar-refractivity contribution >= 4 is 29.1 Å². The summed E-state index contributed by atoms with van der Waals surface area (Å²) in [7, 11) is 0. The van der Waals surface area contributed by atoms with Gasteiger partial charge in [-0.3, -0.25) is 14.9 Å². The Morgan fingerprint density at radius 2 is 1.87 bits per heavy atom. The quantitative estimate of drug-likeness (QED) is 0.361. The molecule has 2 aromatic carbocycles. The summed E-state index contributed by atoms with van der Waals surface area (Å²) < 4.78 is 6.42. The number of nitrogens with zero attached hydrogens (tertiary/aromatic N) is 4. The van der Waals surface area contributed by atoms with Gasteiger partial charge >= 0.3 is 0 Å². The molecule has 0 unspecified atom stereocenters. The third kappa shape index (κ3) is 4.06. The summed E-state index contributed by atoms with van der Waals surface area (Å²) in [6.45, 7) is 0.291. The van der Waals surface area contributed by atoms with E-state index in [4.69, 9.17) is 16.0 Å². The van der Waals surface area contributed by atoms with Crippen LogP contribution in [0.4, 0.5) is 11.6 Å². The highest BCUT2D eigenvalue weighted by Crippen LogP contribution is 2.22. The molecule has 10 heteroatoms. The number of nitro groups is 1. The third-order valence-corrected chi connectivity index (χ3v) is 4.48. The first-order valence-electron chi connectivity index (χ1n) is 8.79. The molecule has 0 bridgehead atoms. The first-order chi connectivity index (χ1) is 14.5. The van der Waals surface area contributed by atoms with Gasteiger partial charge in [0.25, 0.3) is 11.6 Å². The molecule has 4 aromatic rings. The number of aromatic nitrogens is 3. The minimum absolute atomic E-state index is 0.108. The predicted molar refractivity (Wildman–Crippen MR) is 109 cm³/mol. The van der Waals surface area contributed by atoms with Gasteiger partial charge in [-0.2, -0.15) is 9.67 Å². The van der Waals surface area contributed by atoms with Gasteiger partial charge in [0.05, 0.1) is 17.7 Å². The molecule has 2 aromatic heterocycles. The molecule has 0 spiro atoms. The Hall–Kier alpha value is -3.98. The fourth-order valence-corrected chi connectivity index (χ4v) is 2.84. The van der Waals surface area contributed by atoms with Crippen LogP contribution in [0.1, 0.15) is 16.1 Å². The van der Waals surface area contributed by atoms with Gasteiger partial charge in [0.15, 0.2) is 5.82 Å². The Morgan fingerprint density at radius 3 is 2.50 bits per heavy atom. The van der Waals surface area contributed by atoms with Crippen LogP contribution in [-0.4, -0.2) is 25.6 Å². The van der Waals surface area contributed by atoms with Crippen LogP contribution in [-0.2, 0) is 6.54 Å². The van der Waals surface area contributed by atoms with Crippen molar-refractivity contribution < 1.29 is 14.1 Å². The van der Waals surface area contributed by atoms with Crippen molar-refractivity contribution in [1.82, 2.24) is 14.8 Å². The average molecular weight is 424 g/mol. The van der Waals surface area contributed by atoms with Crippen molar-refractivity contribution in [3.05, 3.63) is 93.4 Å². The zero-order valence-corrected chi connectivity index (χ0v) is 16.1. The second kappa shape index (κ2) is 8.18. The number of nitro benzene ring substituents is 1. The number of non-ortho nitro benzene ring substituents is 1. The Labute approximate surface area is 175 Å². The van der Waals surface area contributed by atoms with Gasteiger partial charge in [0.2, 0.25) is 5.95 Å². The molecule has 0 saturated carbocycles. The Kier molecular flexibility index (Phi) is 5.27. The largest absolute Gasteiger partial charge is 0.467 e. The zero-order chi connectivity index (χ0) is 21.1. The molecule has 0 saturated heterocycles. The van der Waals surface area contributed by atoms with E-state index < -0.39 is 10.8 Å². The zero-order valence-electron chi connectivity index (χ0n) is 15.4. The summed E-state index contributed by atoms with van der Waals surface area (Å²) in [6, 6.07) is 15.7. The number of carbonyl (C=O) groups excluding carboxylic acids is 1. The van der Waals surface area contributed by atoms with E-state index in [1.807, 2.05) is 0 Å². The van der Waals surface area contributed by atoms with Gasteiger partial charge in [0, 0.05) is 28.3 Å². The lowest BCUT2D eigenvalue weighted by Crippen LogP contribution is -2.17. The predicted octanol–water partition coefficient (Wildman–Crippen LogP) is 4.40. The minimum atomic E-state index is -0.529. The molecule has 1 N–H and O–H groups in total. The standard InChI is InChI=1S/C20H14ClN5O4/c21-15-7-3-13(4-8-15)18-23-20(22-12-17-2-1-11-30-17)25(24-18)19(27)14-5-9-16(10-6-14)26(28)29/h1-11H,12H2,(H,22,23,24). The number of hydrogen-bond acceptors (Lipinski definition) is 7. The topological polar surface area (TPSA) is 116 Å². The molecular weight excluding hydrogens is 410 g/mol. The first kappa shape index (κ1) is 19.3. The average Bonchev–Trinajstić information content (AvgIpc) is 3.42. The van der Waals surface area contributed by atoms with Crippen LogP contribution in [0.5, 0.6) is 0 Å². The summed E-state index contributed by atoms with van der Waals surface area (Å²) >= 11 is 5.94. The van der Waals surface area contributed by atoms with Crippen molar-refractivity contribution in [2.24, 2.45) is 0 Å². The van der Waals surface area contributed by atoms with Crippen molar-refractivity contribution in [3.63, 3.8) is 0 Å². The number of carbonyl (C=O) groups is 1. The lowest BCUT2D eigenvalue weighted by atomic mass is 10.2. The number of benzene rings is 2. The van der Waals surface area contributed by atoms with Crippen LogP contribution in [0.15, 0.2) is 71.3 Å².